The first kappa shape index (κ1) is 15.0. The molecule has 0 radical (unpaired) electrons. The van der Waals surface area contributed by atoms with Crippen molar-refractivity contribution in [3.8, 4) is 11.4 Å². The highest BCUT2D eigenvalue weighted by Gasteiger charge is 2.15. The predicted molar refractivity (Wildman–Crippen MR) is 92.4 cm³/mol. The van der Waals surface area contributed by atoms with E-state index in [0.29, 0.717) is 0 Å². The molecule has 0 atom stereocenters. The lowest BCUT2D eigenvalue weighted by molar-refractivity contribution is 0.331. The van der Waals surface area contributed by atoms with E-state index in [0.717, 1.165) is 28.8 Å². The van der Waals surface area contributed by atoms with Crippen molar-refractivity contribution in [3.63, 3.8) is 0 Å². The standard InChI is InChI=1S/C20H24N2/c1-15-3-7-17(8-4-15)9-10-18-13-21-20(22-14-18)19-11-5-16(2)6-12-19/h5-6,9-15,17H,3-4,7-8H2,1-2H3. The topological polar surface area (TPSA) is 25.8 Å². The third-order valence-corrected chi connectivity index (χ3v) is 4.60. The molecule has 0 spiro atoms. The molecule has 114 valence electrons. The largest absolute Gasteiger partial charge is 0.236 e. The molecule has 1 fully saturated rings. The van der Waals surface area contributed by atoms with Crippen LogP contribution in [0.25, 0.3) is 17.5 Å². The first-order valence-electron chi connectivity index (χ1n) is 8.28. The zero-order valence-electron chi connectivity index (χ0n) is 13.5. The molecule has 3 rings (SSSR count). The van der Waals surface area contributed by atoms with E-state index in [2.05, 4.69) is 60.2 Å². The van der Waals surface area contributed by atoms with Crippen molar-refractivity contribution >= 4 is 6.08 Å². The summed E-state index contributed by atoms with van der Waals surface area (Å²) >= 11 is 0. The third-order valence-electron chi connectivity index (χ3n) is 4.60. The molecule has 1 aliphatic carbocycles. The van der Waals surface area contributed by atoms with Gasteiger partial charge in [0, 0.05) is 23.5 Å². The van der Waals surface area contributed by atoms with Crippen LogP contribution in [-0.2, 0) is 0 Å². The fourth-order valence-electron chi connectivity index (χ4n) is 3.00. The first-order valence-corrected chi connectivity index (χ1v) is 8.28. The van der Waals surface area contributed by atoms with Crippen LogP contribution in [0.1, 0.15) is 43.7 Å². The molecule has 1 heterocycles. The van der Waals surface area contributed by atoms with Crippen LogP contribution in [0.3, 0.4) is 0 Å². The first-order chi connectivity index (χ1) is 10.7. The van der Waals surface area contributed by atoms with Crippen molar-refractivity contribution in [2.75, 3.05) is 0 Å². The second kappa shape index (κ2) is 6.87. The number of hydrogen-bond acceptors (Lipinski definition) is 2. The highest BCUT2D eigenvalue weighted by molar-refractivity contribution is 5.56. The molecule has 22 heavy (non-hydrogen) atoms. The quantitative estimate of drug-likeness (QED) is 0.768. The lowest BCUT2D eigenvalue weighted by Gasteiger charge is -2.23. The fraction of sp³-hybridized carbons (Fsp3) is 0.400. The number of aryl methyl sites for hydroxylation is 1. The van der Waals surface area contributed by atoms with Crippen LogP contribution in [0.15, 0.2) is 42.7 Å². The van der Waals surface area contributed by atoms with Gasteiger partial charge in [0.15, 0.2) is 5.82 Å². The van der Waals surface area contributed by atoms with Crippen molar-refractivity contribution in [2.45, 2.75) is 39.5 Å². The number of rotatable bonds is 3. The van der Waals surface area contributed by atoms with E-state index in [1.165, 1.54) is 31.2 Å². The molecule has 1 aromatic carbocycles. The van der Waals surface area contributed by atoms with Crippen LogP contribution < -0.4 is 0 Å². The number of allylic oxidation sites excluding steroid dienone is 1. The molecule has 0 bridgehead atoms. The summed E-state index contributed by atoms with van der Waals surface area (Å²) in [5.74, 6) is 2.43. The average Bonchev–Trinajstić information content (AvgIpc) is 2.56. The van der Waals surface area contributed by atoms with Crippen LogP contribution in [-0.4, -0.2) is 9.97 Å². The number of nitrogens with zero attached hydrogens (tertiary/aromatic N) is 2. The number of benzene rings is 1. The Morgan fingerprint density at radius 1 is 0.955 bits per heavy atom. The molecule has 1 saturated carbocycles. The lowest BCUT2D eigenvalue weighted by atomic mass is 9.83. The highest BCUT2D eigenvalue weighted by Crippen LogP contribution is 2.29. The van der Waals surface area contributed by atoms with E-state index in [1.54, 1.807) is 0 Å². The van der Waals surface area contributed by atoms with Gasteiger partial charge in [-0.2, -0.15) is 0 Å². The zero-order chi connectivity index (χ0) is 15.4. The summed E-state index contributed by atoms with van der Waals surface area (Å²) in [5.41, 5.74) is 3.42. The Kier molecular flexibility index (Phi) is 4.67. The molecule has 1 aromatic heterocycles. The smallest absolute Gasteiger partial charge is 0.159 e. The molecule has 0 amide bonds. The van der Waals surface area contributed by atoms with Crippen LogP contribution in [0.4, 0.5) is 0 Å². The highest BCUT2D eigenvalue weighted by atomic mass is 14.9. The van der Waals surface area contributed by atoms with Crippen molar-refractivity contribution < 1.29 is 0 Å². The SMILES string of the molecule is Cc1ccc(-c2ncc(C=CC3CCC(C)CC3)cn2)cc1. The van der Waals surface area contributed by atoms with Crippen molar-refractivity contribution in [1.29, 1.82) is 0 Å². The van der Waals surface area contributed by atoms with Gasteiger partial charge in [0.2, 0.25) is 0 Å². The zero-order valence-corrected chi connectivity index (χ0v) is 13.5. The molecule has 2 nitrogen and oxygen atoms in total. The number of aromatic nitrogens is 2. The van der Waals surface area contributed by atoms with Gasteiger partial charge in [0.25, 0.3) is 0 Å². The molecule has 2 heteroatoms. The van der Waals surface area contributed by atoms with Gasteiger partial charge in [-0.05, 0) is 31.6 Å². The summed E-state index contributed by atoms with van der Waals surface area (Å²) in [4.78, 5) is 8.98. The molecule has 2 aromatic rings. The second-order valence-corrected chi connectivity index (χ2v) is 6.59. The summed E-state index contributed by atoms with van der Waals surface area (Å²) in [6.07, 6.45) is 13.7. The van der Waals surface area contributed by atoms with Crippen LogP contribution in [0, 0.1) is 18.8 Å². The summed E-state index contributed by atoms with van der Waals surface area (Å²) in [6.45, 7) is 4.45. The van der Waals surface area contributed by atoms with Gasteiger partial charge >= 0.3 is 0 Å². The van der Waals surface area contributed by atoms with E-state index in [4.69, 9.17) is 0 Å². The van der Waals surface area contributed by atoms with Crippen LogP contribution >= 0.6 is 0 Å². The van der Waals surface area contributed by atoms with Gasteiger partial charge in [-0.1, -0.05) is 61.7 Å². The fourth-order valence-corrected chi connectivity index (χ4v) is 3.00. The van der Waals surface area contributed by atoms with Gasteiger partial charge < -0.3 is 0 Å². The minimum absolute atomic E-state index is 0.730. The normalized spacial score (nSPS) is 22.1. The molecule has 1 aliphatic rings. The molecule has 0 unspecified atom stereocenters. The Hall–Kier alpha value is -1.96. The van der Waals surface area contributed by atoms with E-state index in [-0.39, 0.29) is 0 Å². The van der Waals surface area contributed by atoms with E-state index in [9.17, 15) is 0 Å². The van der Waals surface area contributed by atoms with E-state index < -0.39 is 0 Å². The molecule has 0 aliphatic heterocycles. The average molecular weight is 292 g/mol. The number of hydrogen-bond donors (Lipinski definition) is 0. The van der Waals surface area contributed by atoms with Gasteiger partial charge in [-0.3, -0.25) is 0 Å². The second-order valence-electron chi connectivity index (χ2n) is 6.59. The Bertz CT molecular complexity index is 618. The summed E-state index contributed by atoms with van der Waals surface area (Å²) in [6, 6.07) is 8.33. The molecular formula is C20H24N2. The van der Waals surface area contributed by atoms with Crippen molar-refractivity contribution in [3.05, 3.63) is 53.9 Å². The molecule has 0 N–H and O–H groups in total. The van der Waals surface area contributed by atoms with Gasteiger partial charge in [0.05, 0.1) is 0 Å². The van der Waals surface area contributed by atoms with Crippen molar-refractivity contribution in [1.82, 2.24) is 9.97 Å². The maximum Gasteiger partial charge on any atom is 0.159 e. The van der Waals surface area contributed by atoms with E-state index >= 15 is 0 Å². The van der Waals surface area contributed by atoms with Crippen molar-refractivity contribution in [2.24, 2.45) is 11.8 Å². The summed E-state index contributed by atoms with van der Waals surface area (Å²) in [5, 5.41) is 0. The molecule has 0 saturated heterocycles. The summed E-state index contributed by atoms with van der Waals surface area (Å²) in [7, 11) is 0. The van der Waals surface area contributed by atoms with Crippen LogP contribution in [0.2, 0.25) is 0 Å². The Morgan fingerprint density at radius 3 is 2.23 bits per heavy atom. The third kappa shape index (κ3) is 3.82. The summed E-state index contributed by atoms with van der Waals surface area (Å²) < 4.78 is 0. The minimum Gasteiger partial charge on any atom is -0.236 e. The van der Waals surface area contributed by atoms with Crippen LogP contribution in [0.5, 0.6) is 0 Å². The van der Waals surface area contributed by atoms with Gasteiger partial charge in [0.1, 0.15) is 0 Å². The molecular weight excluding hydrogens is 268 g/mol. The maximum absolute atomic E-state index is 4.49. The minimum atomic E-state index is 0.730. The lowest BCUT2D eigenvalue weighted by Crippen LogP contribution is -2.09. The Labute approximate surface area is 133 Å². The van der Waals surface area contributed by atoms with E-state index in [1.807, 2.05) is 12.4 Å². The monoisotopic (exact) mass is 292 g/mol. The predicted octanol–water partition coefficient (Wildman–Crippen LogP) is 5.29. The van der Waals surface area contributed by atoms with Gasteiger partial charge in [-0.25, -0.2) is 9.97 Å². The van der Waals surface area contributed by atoms with Gasteiger partial charge in [-0.15, -0.1) is 0 Å². The Balaban J connectivity index is 1.65. The Morgan fingerprint density at radius 2 is 1.59 bits per heavy atom. The maximum atomic E-state index is 4.49.